The molecule has 0 radical (unpaired) electrons. The highest BCUT2D eigenvalue weighted by Crippen LogP contribution is 2.28. The van der Waals surface area contributed by atoms with Gasteiger partial charge in [-0.15, -0.1) is 0 Å². The van der Waals surface area contributed by atoms with Crippen LogP contribution in [0.4, 0.5) is 10.3 Å². The highest BCUT2D eigenvalue weighted by Gasteiger charge is 2.27. The third-order valence-electron chi connectivity index (χ3n) is 6.12. The van der Waals surface area contributed by atoms with Gasteiger partial charge in [-0.1, -0.05) is 31.5 Å². The van der Waals surface area contributed by atoms with Crippen molar-refractivity contribution in [2.24, 2.45) is 5.92 Å². The Kier molecular flexibility index (Phi) is 6.66. The Morgan fingerprint density at radius 2 is 1.76 bits per heavy atom. The van der Waals surface area contributed by atoms with Gasteiger partial charge in [0, 0.05) is 36.3 Å². The summed E-state index contributed by atoms with van der Waals surface area (Å²) in [7, 11) is 0. The molecule has 33 heavy (non-hydrogen) atoms. The molecule has 0 atom stereocenters. The van der Waals surface area contributed by atoms with Gasteiger partial charge in [-0.2, -0.15) is 4.98 Å². The number of benzene rings is 1. The summed E-state index contributed by atoms with van der Waals surface area (Å²) in [5, 5.41) is 0.293. The number of imidazole rings is 1. The maximum atomic E-state index is 14.8. The van der Waals surface area contributed by atoms with Gasteiger partial charge in [0.15, 0.2) is 11.2 Å². The smallest absolute Gasteiger partial charge is 0.332 e. The van der Waals surface area contributed by atoms with E-state index in [1.54, 1.807) is 21.3 Å². The Hall–Kier alpha value is -2.61. The van der Waals surface area contributed by atoms with Gasteiger partial charge in [0.1, 0.15) is 5.82 Å². The zero-order chi connectivity index (χ0) is 23.9. The SMILES string of the molecule is CC(C)Cn1c(=O)c2c(nc(N3CCCCC3)n2Cc2c(F)cccc2Cl)n(C(C)C)c1=O. The largest absolute Gasteiger partial charge is 0.342 e. The molecule has 2 aromatic heterocycles. The van der Waals surface area contributed by atoms with Gasteiger partial charge in [-0.3, -0.25) is 18.5 Å². The Bertz CT molecular complexity index is 1260. The average molecular weight is 476 g/mol. The summed E-state index contributed by atoms with van der Waals surface area (Å²) < 4.78 is 19.4. The monoisotopic (exact) mass is 475 g/mol. The number of nitrogens with zero attached hydrogens (tertiary/aromatic N) is 5. The molecule has 7 nitrogen and oxygen atoms in total. The molecule has 1 aliphatic heterocycles. The molecule has 3 aromatic rings. The van der Waals surface area contributed by atoms with Crippen LogP contribution in [-0.4, -0.2) is 31.8 Å². The number of rotatable bonds is 6. The van der Waals surface area contributed by atoms with Crippen LogP contribution in [0.5, 0.6) is 0 Å². The molecule has 9 heteroatoms. The van der Waals surface area contributed by atoms with E-state index in [4.69, 9.17) is 16.6 Å². The van der Waals surface area contributed by atoms with Crippen molar-refractivity contribution in [1.82, 2.24) is 18.7 Å². The van der Waals surface area contributed by atoms with E-state index in [0.29, 0.717) is 34.2 Å². The van der Waals surface area contributed by atoms with Crippen LogP contribution >= 0.6 is 11.6 Å². The van der Waals surface area contributed by atoms with Crippen molar-refractivity contribution >= 4 is 28.7 Å². The summed E-state index contributed by atoms with van der Waals surface area (Å²) in [6, 6.07) is 4.36. The minimum atomic E-state index is -0.436. The van der Waals surface area contributed by atoms with Gasteiger partial charge < -0.3 is 4.90 Å². The Balaban J connectivity index is 2.06. The summed E-state index contributed by atoms with van der Waals surface area (Å²) in [5.41, 5.74) is 0.185. The number of hydrogen-bond donors (Lipinski definition) is 0. The lowest BCUT2D eigenvalue weighted by Crippen LogP contribution is -2.42. The minimum Gasteiger partial charge on any atom is -0.342 e. The summed E-state index contributed by atoms with van der Waals surface area (Å²) in [6.07, 6.45) is 3.16. The first-order chi connectivity index (χ1) is 15.7. The van der Waals surface area contributed by atoms with Crippen LogP contribution in [0.15, 0.2) is 27.8 Å². The fourth-order valence-electron chi connectivity index (χ4n) is 4.56. The van der Waals surface area contributed by atoms with E-state index in [0.717, 1.165) is 32.4 Å². The van der Waals surface area contributed by atoms with Crippen molar-refractivity contribution < 1.29 is 4.39 Å². The maximum absolute atomic E-state index is 14.8. The van der Waals surface area contributed by atoms with E-state index in [-0.39, 0.29) is 24.2 Å². The molecule has 3 heterocycles. The third-order valence-corrected chi connectivity index (χ3v) is 6.48. The maximum Gasteiger partial charge on any atom is 0.332 e. The first kappa shape index (κ1) is 23.5. The van der Waals surface area contributed by atoms with Gasteiger partial charge in [-0.05, 0) is 51.2 Å². The molecule has 1 aliphatic rings. The lowest BCUT2D eigenvalue weighted by molar-refractivity contribution is 0.460. The van der Waals surface area contributed by atoms with Crippen molar-refractivity contribution in [3.63, 3.8) is 0 Å². The number of anilines is 1. The number of fused-ring (bicyclic) bond motifs is 1. The number of hydrogen-bond acceptors (Lipinski definition) is 4. The lowest BCUT2D eigenvalue weighted by Gasteiger charge is -2.28. The van der Waals surface area contributed by atoms with Crippen molar-refractivity contribution in [1.29, 1.82) is 0 Å². The quantitative estimate of drug-likeness (QED) is 0.529. The Morgan fingerprint density at radius 1 is 1.06 bits per heavy atom. The van der Waals surface area contributed by atoms with Crippen LogP contribution < -0.4 is 16.1 Å². The average Bonchev–Trinajstić information content (AvgIpc) is 3.13. The van der Waals surface area contributed by atoms with Gasteiger partial charge in [0.05, 0.1) is 6.54 Å². The zero-order valence-corrected chi connectivity index (χ0v) is 20.4. The van der Waals surface area contributed by atoms with Crippen LogP contribution in [-0.2, 0) is 13.1 Å². The first-order valence-electron chi connectivity index (χ1n) is 11.6. The van der Waals surface area contributed by atoms with Gasteiger partial charge in [0.25, 0.3) is 5.56 Å². The number of halogens is 2. The zero-order valence-electron chi connectivity index (χ0n) is 19.6. The second-order valence-electron chi connectivity index (χ2n) is 9.47. The second-order valence-corrected chi connectivity index (χ2v) is 9.88. The molecular weight excluding hydrogens is 445 g/mol. The Morgan fingerprint density at radius 3 is 2.36 bits per heavy atom. The molecule has 0 unspecified atom stereocenters. The van der Waals surface area contributed by atoms with Crippen LogP contribution in [0, 0.1) is 11.7 Å². The van der Waals surface area contributed by atoms with Crippen LogP contribution in [0.3, 0.4) is 0 Å². The molecule has 0 spiro atoms. The number of aromatic nitrogens is 4. The van der Waals surface area contributed by atoms with Crippen molar-refractivity contribution in [2.45, 2.75) is 66.1 Å². The van der Waals surface area contributed by atoms with Crippen molar-refractivity contribution in [3.8, 4) is 0 Å². The molecule has 1 aromatic carbocycles. The molecule has 1 fully saturated rings. The predicted molar refractivity (Wildman–Crippen MR) is 130 cm³/mol. The van der Waals surface area contributed by atoms with E-state index < -0.39 is 11.4 Å². The van der Waals surface area contributed by atoms with E-state index >= 15 is 0 Å². The minimum absolute atomic E-state index is 0.0566. The molecule has 0 bridgehead atoms. The normalized spacial score (nSPS) is 14.7. The fraction of sp³-hybridized carbons (Fsp3) is 0.542. The molecule has 1 saturated heterocycles. The topological polar surface area (TPSA) is 65.1 Å². The Labute approximate surface area is 197 Å². The molecule has 0 amide bonds. The van der Waals surface area contributed by atoms with Gasteiger partial charge in [0.2, 0.25) is 5.95 Å². The predicted octanol–water partition coefficient (Wildman–Crippen LogP) is 4.43. The van der Waals surface area contributed by atoms with Crippen LogP contribution in [0.2, 0.25) is 5.02 Å². The molecule has 4 rings (SSSR count). The van der Waals surface area contributed by atoms with Crippen molar-refractivity contribution in [3.05, 3.63) is 55.4 Å². The van der Waals surface area contributed by atoms with Crippen LogP contribution in [0.25, 0.3) is 11.2 Å². The lowest BCUT2D eigenvalue weighted by atomic mass is 10.1. The molecular formula is C24H31ClFN5O2. The standard InChI is InChI=1S/C24H31ClFN5O2/c1-15(2)13-30-22(32)20-21(31(16(3)4)24(30)33)27-23(28-11-6-5-7-12-28)29(20)14-17-18(25)9-8-10-19(17)26/h8-10,15-16H,5-7,11-14H2,1-4H3. The fourth-order valence-corrected chi connectivity index (χ4v) is 4.78. The van der Waals surface area contributed by atoms with Gasteiger partial charge in [-0.25, -0.2) is 9.18 Å². The van der Waals surface area contributed by atoms with Crippen molar-refractivity contribution in [2.75, 3.05) is 18.0 Å². The second kappa shape index (κ2) is 9.33. The highest BCUT2D eigenvalue weighted by molar-refractivity contribution is 6.31. The van der Waals surface area contributed by atoms with E-state index in [2.05, 4.69) is 4.90 Å². The molecule has 0 saturated carbocycles. The van der Waals surface area contributed by atoms with E-state index in [9.17, 15) is 14.0 Å². The molecule has 0 aliphatic carbocycles. The summed E-state index contributed by atoms with van der Waals surface area (Å²) >= 11 is 6.36. The summed E-state index contributed by atoms with van der Waals surface area (Å²) in [6.45, 7) is 9.67. The molecule has 178 valence electrons. The van der Waals surface area contributed by atoms with Crippen LogP contribution in [0.1, 0.15) is 58.6 Å². The molecule has 0 N–H and O–H groups in total. The van der Waals surface area contributed by atoms with E-state index in [1.165, 1.54) is 10.6 Å². The summed E-state index contributed by atoms with van der Waals surface area (Å²) in [4.78, 5) is 34.0. The third kappa shape index (κ3) is 4.33. The number of piperidine rings is 1. The highest BCUT2D eigenvalue weighted by atomic mass is 35.5. The first-order valence-corrected chi connectivity index (χ1v) is 12.0. The summed E-state index contributed by atoms with van der Waals surface area (Å²) in [5.74, 6) is 0.248. The van der Waals surface area contributed by atoms with Gasteiger partial charge >= 0.3 is 5.69 Å². The van der Waals surface area contributed by atoms with E-state index in [1.807, 2.05) is 27.7 Å².